The summed E-state index contributed by atoms with van der Waals surface area (Å²) in [5.74, 6) is 1.42. The first kappa shape index (κ1) is 19.4. The molecule has 2 aromatic rings. The maximum absolute atomic E-state index is 12.6. The zero-order valence-electron chi connectivity index (χ0n) is 16.6. The number of hydrogen-bond acceptors (Lipinski definition) is 3. The van der Waals surface area contributed by atoms with Gasteiger partial charge in [0.05, 0.1) is 6.54 Å². The largest absolute Gasteiger partial charge is 0.345 e. The number of likely N-dealkylation sites (tertiary alicyclic amines) is 1. The Kier molecular flexibility index (Phi) is 6.14. The van der Waals surface area contributed by atoms with E-state index in [1.165, 1.54) is 4.68 Å². The second-order valence-electron chi connectivity index (χ2n) is 7.63. The van der Waals surface area contributed by atoms with Crippen LogP contribution in [-0.4, -0.2) is 38.2 Å². The normalized spacial score (nSPS) is 16.5. The van der Waals surface area contributed by atoms with Crippen LogP contribution in [0.2, 0.25) is 0 Å². The predicted molar refractivity (Wildman–Crippen MR) is 106 cm³/mol. The van der Waals surface area contributed by atoms with Gasteiger partial charge in [-0.15, -0.1) is 0 Å². The molecule has 0 N–H and O–H groups in total. The molecule has 0 bridgehead atoms. The van der Waals surface area contributed by atoms with Gasteiger partial charge in [-0.25, -0.2) is 9.48 Å². The molecule has 1 aliphatic heterocycles. The monoisotopic (exact) mass is 370 g/mol. The fourth-order valence-corrected chi connectivity index (χ4v) is 3.97. The van der Waals surface area contributed by atoms with E-state index in [2.05, 4.69) is 12.0 Å². The van der Waals surface area contributed by atoms with Crippen molar-refractivity contribution in [3.63, 3.8) is 0 Å². The molecule has 3 rings (SSSR count). The van der Waals surface area contributed by atoms with E-state index in [-0.39, 0.29) is 23.4 Å². The lowest BCUT2D eigenvalue weighted by Gasteiger charge is -2.33. The van der Waals surface area contributed by atoms with Crippen molar-refractivity contribution >= 4 is 5.91 Å². The molecule has 27 heavy (non-hydrogen) atoms. The first-order valence-electron chi connectivity index (χ1n) is 9.97. The van der Waals surface area contributed by atoms with Crippen LogP contribution in [0.1, 0.15) is 56.8 Å². The lowest BCUT2D eigenvalue weighted by molar-refractivity contribution is -0.136. The van der Waals surface area contributed by atoms with Crippen LogP contribution in [0, 0.1) is 5.92 Å². The quantitative estimate of drug-likeness (QED) is 0.786. The Morgan fingerprint density at radius 3 is 2.52 bits per heavy atom. The third kappa shape index (κ3) is 4.31. The highest BCUT2D eigenvalue weighted by Crippen LogP contribution is 2.27. The molecule has 0 radical (unpaired) electrons. The SMILES string of the molecule is CCCC(C)C(=O)N1CCC(c2nn(C)c(=O)n2Cc2ccccc2)CC1. The topological polar surface area (TPSA) is 60.1 Å². The molecule has 6 nitrogen and oxygen atoms in total. The van der Waals surface area contributed by atoms with E-state index < -0.39 is 0 Å². The standard InChI is InChI=1S/C21H30N4O2/c1-4-8-16(2)20(26)24-13-11-18(12-14-24)19-22-23(3)21(27)25(19)15-17-9-6-5-7-10-17/h5-7,9-10,16,18H,4,8,11-15H2,1-3H3. The number of nitrogens with zero attached hydrogens (tertiary/aromatic N) is 4. The first-order valence-corrected chi connectivity index (χ1v) is 9.97. The number of carbonyl (C=O) groups excluding carboxylic acids is 1. The van der Waals surface area contributed by atoms with Crippen molar-refractivity contribution in [3.8, 4) is 0 Å². The summed E-state index contributed by atoms with van der Waals surface area (Å²) >= 11 is 0. The smallest absolute Gasteiger partial charge is 0.342 e. The fourth-order valence-electron chi connectivity index (χ4n) is 3.97. The van der Waals surface area contributed by atoms with E-state index in [1.54, 1.807) is 11.6 Å². The molecule has 0 aliphatic carbocycles. The number of hydrogen-bond donors (Lipinski definition) is 0. The van der Waals surface area contributed by atoms with Gasteiger partial charge >= 0.3 is 5.69 Å². The second kappa shape index (κ2) is 8.55. The van der Waals surface area contributed by atoms with Gasteiger partial charge in [-0.05, 0) is 24.8 Å². The molecule has 1 aromatic heterocycles. The van der Waals surface area contributed by atoms with Crippen molar-refractivity contribution in [2.45, 2.75) is 52.0 Å². The Hall–Kier alpha value is -2.37. The molecule has 2 heterocycles. The number of benzene rings is 1. The molecular formula is C21H30N4O2. The van der Waals surface area contributed by atoms with Crippen molar-refractivity contribution < 1.29 is 4.79 Å². The molecule has 1 saturated heterocycles. The maximum atomic E-state index is 12.6. The van der Waals surface area contributed by atoms with Crippen molar-refractivity contribution in [3.05, 3.63) is 52.2 Å². The maximum Gasteiger partial charge on any atom is 0.345 e. The summed E-state index contributed by atoms with van der Waals surface area (Å²) in [5.41, 5.74) is 1.01. The van der Waals surface area contributed by atoms with Gasteiger partial charge in [0.25, 0.3) is 0 Å². The second-order valence-corrected chi connectivity index (χ2v) is 7.63. The molecular weight excluding hydrogens is 340 g/mol. The van der Waals surface area contributed by atoms with Crippen LogP contribution in [0.25, 0.3) is 0 Å². The Morgan fingerprint density at radius 1 is 1.22 bits per heavy atom. The van der Waals surface area contributed by atoms with E-state index in [1.807, 2.05) is 42.2 Å². The zero-order valence-corrected chi connectivity index (χ0v) is 16.6. The zero-order chi connectivity index (χ0) is 19.4. The van der Waals surface area contributed by atoms with Gasteiger partial charge in [-0.3, -0.25) is 9.36 Å². The van der Waals surface area contributed by atoms with Gasteiger partial charge in [0, 0.05) is 32.0 Å². The van der Waals surface area contributed by atoms with E-state index >= 15 is 0 Å². The molecule has 1 unspecified atom stereocenters. The minimum Gasteiger partial charge on any atom is -0.342 e. The summed E-state index contributed by atoms with van der Waals surface area (Å²) in [5, 5.41) is 4.53. The molecule has 0 spiro atoms. The average molecular weight is 370 g/mol. The highest BCUT2D eigenvalue weighted by molar-refractivity contribution is 5.78. The summed E-state index contributed by atoms with van der Waals surface area (Å²) in [6.45, 7) is 6.16. The average Bonchev–Trinajstić information content (AvgIpc) is 2.97. The number of amides is 1. The molecule has 0 saturated carbocycles. The van der Waals surface area contributed by atoms with Crippen molar-refractivity contribution in [2.75, 3.05) is 13.1 Å². The summed E-state index contributed by atoms with van der Waals surface area (Å²) in [4.78, 5) is 27.1. The number of piperidine rings is 1. The highest BCUT2D eigenvalue weighted by Gasteiger charge is 2.29. The minimum atomic E-state index is -0.0797. The lowest BCUT2D eigenvalue weighted by Crippen LogP contribution is -2.41. The predicted octanol–water partition coefficient (Wildman–Crippen LogP) is 2.77. The van der Waals surface area contributed by atoms with E-state index in [0.29, 0.717) is 6.54 Å². The summed E-state index contributed by atoms with van der Waals surface area (Å²) in [7, 11) is 1.71. The molecule has 146 valence electrons. The number of carbonyl (C=O) groups is 1. The Morgan fingerprint density at radius 2 is 1.89 bits per heavy atom. The van der Waals surface area contributed by atoms with Crippen LogP contribution in [0.4, 0.5) is 0 Å². The third-order valence-electron chi connectivity index (χ3n) is 5.54. The molecule has 6 heteroatoms. The van der Waals surface area contributed by atoms with Gasteiger partial charge < -0.3 is 4.90 Å². The van der Waals surface area contributed by atoms with E-state index in [9.17, 15) is 9.59 Å². The summed E-state index contributed by atoms with van der Waals surface area (Å²) < 4.78 is 3.22. The molecule has 1 atom stereocenters. The van der Waals surface area contributed by atoms with Crippen LogP contribution in [0.5, 0.6) is 0 Å². The molecule has 1 amide bonds. The van der Waals surface area contributed by atoms with Gasteiger partial charge in [-0.1, -0.05) is 50.6 Å². The van der Waals surface area contributed by atoms with Crippen molar-refractivity contribution in [1.82, 2.24) is 19.2 Å². The van der Waals surface area contributed by atoms with Crippen molar-refractivity contribution in [2.24, 2.45) is 13.0 Å². The van der Waals surface area contributed by atoms with E-state index in [4.69, 9.17) is 0 Å². The minimum absolute atomic E-state index is 0.0797. The molecule has 1 aromatic carbocycles. The van der Waals surface area contributed by atoms with Crippen LogP contribution in [0.15, 0.2) is 35.1 Å². The van der Waals surface area contributed by atoms with Gasteiger partial charge in [0.2, 0.25) is 5.91 Å². The van der Waals surface area contributed by atoms with Gasteiger partial charge in [-0.2, -0.15) is 5.10 Å². The summed E-state index contributed by atoms with van der Waals surface area (Å²) in [6.07, 6.45) is 3.68. The fraction of sp³-hybridized carbons (Fsp3) is 0.571. The Bertz CT molecular complexity index is 816. The lowest BCUT2D eigenvalue weighted by atomic mass is 9.94. The molecule has 1 aliphatic rings. The highest BCUT2D eigenvalue weighted by atomic mass is 16.2. The van der Waals surface area contributed by atoms with Crippen LogP contribution >= 0.6 is 0 Å². The summed E-state index contributed by atoms with van der Waals surface area (Å²) in [6, 6.07) is 10.00. The third-order valence-corrected chi connectivity index (χ3v) is 5.54. The van der Waals surface area contributed by atoms with Gasteiger partial charge in [0.15, 0.2) is 0 Å². The number of aryl methyl sites for hydroxylation is 1. The van der Waals surface area contributed by atoms with Crippen molar-refractivity contribution in [1.29, 1.82) is 0 Å². The number of rotatable bonds is 6. The van der Waals surface area contributed by atoms with Crippen LogP contribution < -0.4 is 5.69 Å². The Balaban J connectivity index is 1.72. The van der Waals surface area contributed by atoms with Crippen LogP contribution in [0.3, 0.4) is 0 Å². The van der Waals surface area contributed by atoms with E-state index in [0.717, 1.165) is 50.2 Å². The van der Waals surface area contributed by atoms with Crippen LogP contribution in [-0.2, 0) is 18.4 Å². The Labute approximate surface area is 160 Å². The van der Waals surface area contributed by atoms with Gasteiger partial charge in [0.1, 0.15) is 5.82 Å². The number of aromatic nitrogens is 3. The first-order chi connectivity index (χ1) is 13.0. The molecule has 1 fully saturated rings.